The standard InChI is InChI=1S/C16H22ClN3O/c1-11-7-8-12(17)10-13(11)15-20-19-14(21-15)6-5-9-18-16(2,3)4/h7-8,10,18H,5-6,9H2,1-4H3. The van der Waals surface area contributed by atoms with Gasteiger partial charge in [-0.05, 0) is 58.4 Å². The molecule has 0 saturated carbocycles. The first-order valence-corrected chi connectivity index (χ1v) is 7.57. The van der Waals surface area contributed by atoms with E-state index in [-0.39, 0.29) is 5.54 Å². The Morgan fingerprint density at radius 3 is 2.71 bits per heavy atom. The summed E-state index contributed by atoms with van der Waals surface area (Å²) in [4.78, 5) is 0. The fourth-order valence-corrected chi connectivity index (χ4v) is 2.16. The first-order valence-electron chi connectivity index (χ1n) is 7.19. The lowest BCUT2D eigenvalue weighted by Crippen LogP contribution is -2.36. The first-order chi connectivity index (χ1) is 9.85. The van der Waals surface area contributed by atoms with E-state index < -0.39 is 0 Å². The summed E-state index contributed by atoms with van der Waals surface area (Å²) in [5, 5.41) is 12.3. The Labute approximate surface area is 130 Å². The SMILES string of the molecule is Cc1ccc(Cl)cc1-c1nnc(CCCNC(C)(C)C)o1. The van der Waals surface area contributed by atoms with Gasteiger partial charge in [0.25, 0.3) is 0 Å². The van der Waals surface area contributed by atoms with Crippen molar-refractivity contribution in [2.75, 3.05) is 6.54 Å². The fourth-order valence-electron chi connectivity index (χ4n) is 1.99. The van der Waals surface area contributed by atoms with E-state index in [0.29, 0.717) is 16.8 Å². The molecule has 2 rings (SSSR count). The number of hydrogen-bond acceptors (Lipinski definition) is 4. The van der Waals surface area contributed by atoms with Crippen LogP contribution in [0.4, 0.5) is 0 Å². The van der Waals surface area contributed by atoms with Gasteiger partial charge in [-0.1, -0.05) is 17.7 Å². The van der Waals surface area contributed by atoms with Crippen molar-refractivity contribution in [3.05, 3.63) is 34.7 Å². The molecule has 0 spiro atoms. The van der Waals surface area contributed by atoms with Gasteiger partial charge < -0.3 is 9.73 Å². The number of nitrogens with zero attached hydrogens (tertiary/aromatic N) is 2. The Morgan fingerprint density at radius 1 is 1.24 bits per heavy atom. The Morgan fingerprint density at radius 2 is 2.00 bits per heavy atom. The molecule has 1 heterocycles. The van der Waals surface area contributed by atoms with Crippen molar-refractivity contribution in [2.24, 2.45) is 0 Å². The number of rotatable bonds is 5. The number of hydrogen-bond donors (Lipinski definition) is 1. The van der Waals surface area contributed by atoms with Crippen LogP contribution in [-0.4, -0.2) is 22.3 Å². The summed E-state index contributed by atoms with van der Waals surface area (Å²) in [5.41, 5.74) is 2.11. The summed E-state index contributed by atoms with van der Waals surface area (Å²) in [6, 6.07) is 5.67. The second-order valence-electron chi connectivity index (χ2n) is 6.24. The molecule has 0 unspecified atom stereocenters. The molecular weight excluding hydrogens is 286 g/mol. The molecule has 1 aromatic carbocycles. The summed E-state index contributed by atoms with van der Waals surface area (Å²) in [7, 11) is 0. The highest BCUT2D eigenvalue weighted by Crippen LogP contribution is 2.25. The maximum atomic E-state index is 6.02. The lowest BCUT2D eigenvalue weighted by Gasteiger charge is -2.19. The topological polar surface area (TPSA) is 51.0 Å². The summed E-state index contributed by atoms with van der Waals surface area (Å²) in [5.74, 6) is 1.20. The van der Waals surface area contributed by atoms with Gasteiger partial charge in [0, 0.05) is 22.5 Å². The second-order valence-corrected chi connectivity index (χ2v) is 6.68. The molecule has 0 radical (unpaired) electrons. The molecule has 2 aromatic rings. The van der Waals surface area contributed by atoms with Crippen LogP contribution >= 0.6 is 11.6 Å². The maximum Gasteiger partial charge on any atom is 0.248 e. The molecule has 0 atom stereocenters. The number of benzene rings is 1. The van der Waals surface area contributed by atoms with Crippen molar-refractivity contribution in [3.8, 4) is 11.5 Å². The van der Waals surface area contributed by atoms with Crippen LogP contribution in [0.3, 0.4) is 0 Å². The lowest BCUT2D eigenvalue weighted by atomic mass is 10.1. The van der Waals surface area contributed by atoms with Crippen molar-refractivity contribution >= 4 is 11.6 Å². The highest BCUT2D eigenvalue weighted by atomic mass is 35.5. The third-order valence-electron chi connectivity index (χ3n) is 3.12. The summed E-state index contributed by atoms with van der Waals surface area (Å²) >= 11 is 6.02. The average molecular weight is 308 g/mol. The molecule has 1 N–H and O–H groups in total. The van der Waals surface area contributed by atoms with E-state index in [2.05, 4.69) is 36.3 Å². The van der Waals surface area contributed by atoms with Crippen LogP contribution in [0.25, 0.3) is 11.5 Å². The number of aryl methyl sites for hydroxylation is 2. The Bertz CT molecular complexity index is 602. The van der Waals surface area contributed by atoms with Gasteiger partial charge in [-0.25, -0.2) is 0 Å². The van der Waals surface area contributed by atoms with Crippen LogP contribution in [-0.2, 0) is 6.42 Å². The van der Waals surface area contributed by atoms with Gasteiger partial charge >= 0.3 is 0 Å². The molecule has 114 valence electrons. The van der Waals surface area contributed by atoms with Crippen LogP contribution in [0.2, 0.25) is 5.02 Å². The van der Waals surface area contributed by atoms with Crippen LogP contribution < -0.4 is 5.32 Å². The molecule has 0 bridgehead atoms. The second kappa shape index (κ2) is 6.58. The third-order valence-corrected chi connectivity index (χ3v) is 3.35. The monoisotopic (exact) mass is 307 g/mol. The zero-order valence-electron chi connectivity index (χ0n) is 13.0. The first kappa shape index (κ1) is 16.0. The summed E-state index contributed by atoms with van der Waals surface area (Å²) < 4.78 is 5.73. The van der Waals surface area contributed by atoms with Crippen molar-refractivity contribution in [1.29, 1.82) is 0 Å². The molecule has 21 heavy (non-hydrogen) atoms. The summed E-state index contributed by atoms with van der Waals surface area (Å²) in [6.07, 6.45) is 1.74. The number of aromatic nitrogens is 2. The normalized spacial score (nSPS) is 11.9. The van der Waals surface area contributed by atoms with E-state index in [9.17, 15) is 0 Å². The number of halogens is 1. The predicted octanol–water partition coefficient (Wildman–Crippen LogP) is 4.02. The molecule has 0 amide bonds. The molecule has 1 aromatic heterocycles. The van der Waals surface area contributed by atoms with Crippen molar-refractivity contribution < 1.29 is 4.42 Å². The van der Waals surface area contributed by atoms with Crippen LogP contribution in [0.5, 0.6) is 0 Å². The zero-order chi connectivity index (χ0) is 15.5. The van der Waals surface area contributed by atoms with E-state index in [1.54, 1.807) is 0 Å². The van der Waals surface area contributed by atoms with E-state index in [0.717, 1.165) is 30.5 Å². The van der Waals surface area contributed by atoms with Crippen molar-refractivity contribution in [3.63, 3.8) is 0 Å². The molecule has 0 aliphatic rings. The zero-order valence-corrected chi connectivity index (χ0v) is 13.8. The van der Waals surface area contributed by atoms with Crippen molar-refractivity contribution in [2.45, 2.75) is 46.1 Å². The van der Waals surface area contributed by atoms with E-state index >= 15 is 0 Å². The van der Waals surface area contributed by atoms with Gasteiger partial charge in [0.05, 0.1) is 0 Å². The van der Waals surface area contributed by atoms with Crippen LogP contribution in [0.15, 0.2) is 22.6 Å². The Hall–Kier alpha value is -1.39. The Kier molecular flexibility index (Phi) is 5.01. The number of nitrogens with one attached hydrogen (secondary N) is 1. The molecule has 0 fully saturated rings. The molecule has 0 aliphatic carbocycles. The average Bonchev–Trinajstić information content (AvgIpc) is 2.85. The Balaban J connectivity index is 1.97. The van der Waals surface area contributed by atoms with Gasteiger partial charge in [-0.3, -0.25) is 0 Å². The minimum absolute atomic E-state index is 0.137. The molecular formula is C16H22ClN3O. The fraction of sp³-hybridized carbons (Fsp3) is 0.500. The largest absolute Gasteiger partial charge is 0.421 e. The van der Waals surface area contributed by atoms with E-state index in [1.807, 2.05) is 25.1 Å². The van der Waals surface area contributed by atoms with Gasteiger partial charge in [0.1, 0.15) is 0 Å². The highest BCUT2D eigenvalue weighted by Gasteiger charge is 2.12. The van der Waals surface area contributed by atoms with Gasteiger partial charge in [-0.15, -0.1) is 10.2 Å². The molecule has 5 heteroatoms. The predicted molar refractivity (Wildman–Crippen MR) is 85.6 cm³/mol. The van der Waals surface area contributed by atoms with Gasteiger partial charge in [-0.2, -0.15) is 0 Å². The molecule has 4 nitrogen and oxygen atoms in total. The van der Waals surface area contributed by atoms with Crippen LogP contribution in [0.1, 0.15) is 38.6 Å². The maximum absolute atomic E-state index is 6.02. The quantitative estimate of drug-likeness (QED) is 0.848. The minimum Gasteiger partial charge on any atom is -0.421 e. The smallest absolute Gasteiger partial charge is 0.248 e. The lowest BCUT2D eigenvalue weighted by molar-refractivity contribution is 0.412. The van der Waals surface area contributed by atoms with Crippen molar-refractivity contribution in [1.82, 2.24) is 15.5 Å². The van der Waals surface area contributed by atoms with Gasteiger partial charge in [0.2, 0.25) is 11.8 Å². The molecule has 0 aliphatic heterocycles. The summed E-state index contributed by atoms with van der Waals surface area (Å²) in [6.45, 7) is 9.39. The van der Waals surface area contributed by atoms with E-state index in [4.69, 9.17) is 16.0 Å². The van der Waals surface area contributed by atoms with Crippen LogP contribution in [0, 0.1) is 6.92 Å². The third kappa shape index (κ3) is 4.83. The minimum atomic E-state index is 0.137. The van der Waals surface area contributed by atoms with E-state index in [1.165, 1.54) is 0 Å². The highest BCUT2D eigenvalue weighted by molar-refractivity contribution is 6.30. The van der Waals surface area contributed by atoms with Gasteiger partial charge in [0.15, 0.2) is 0 Å². The molecule has 0 saturated heterocycles.